The van der Waals surface area contributed by atoms with E-state index in [2.05, 4.69) is 4.72 Å². The first kappa shape index (κ1) is 19.2. The second-order valence-corrected chi connectivity index (χ2v) is 9.04. The average molecular weight is 407 g/mol. The molecule has 1 N–H and O–H groups in total. The fourth-order valence-electron chi connectivity index (χ4n) is 3.66. The lowest BCUT2D eigenvalue weighted by Crippen LogP contribution is -2.35. The molecule has 1 atom stereocenters. The summed E-state index contributed by atoms with van der Waals surface area (Å²) in [5, 5.41) is 0. The Balaban J connectivity index is 1.61. The highest BCUT2D eigenvalue weighted by molar-refractivity contribution is 7.92. The van der Waals surface area contributed by atoms with Gasteiger partial charge in [-0.1, -0.05) is 42.0 Å². The van der Waals surface area contributed by atoms with E-state index in [4.69, 9.17) is 0 Å². The number of rotatable bonds is 4. The van der Waals surface area contributed by atoms with Crippen molar-refractivity contribution in [1.82, 2.24) is 0 Å². The maximum absolute atomic E-state index is 13.2. The van der Waals surface area contributed by atoms with E-state index in [0.29, 0.717) is 11.3 Å². The van der Waals surface area contributed by atoms with Crippen LogP contribution >= 0.6 is 0 Å². The Morgan fingerprint density at radius 2 is 1.72 bits per heavy atom. The van der Waals surface area contributed by atoms with Crippen molar-refractivity contribution in [1.29, 1.82) is 0 Å². The Labute approximate surface area is 171 Å². The van der Waals surface area contributed by atoms with Gasteiger partial charge in [-0.15, -0.1) is 0 Å². The van der Waals surface area contributed by atoms with Crippen molar-refractivity contribution in [2.75, 3.05) is 9.62 Å². The minimum atomic E-state index is -3.73. The van der Waals surface area contributed by atoms with Gasteiger partial charge in [0.1, 0.15) is 0 Å². The Bertz CT molecular complexity index is 1170. The van der Waals surface area contributed by atoms with E-state index < -0.39 is 10.0 Å². The number of nitrogens with one attached hydrogen (secondary N) is 1. The number of hydrogen-bond acceptors (Lipinski definition) is 3. The maximum Gasteiger partial charge on any atom is 0.261 e. The lowest BCUT2D eigenvalue weighted by Gasteiger charge is -2.23. The predicted octanol–water partition coefficient (Wildman–Crippen LogP) is 4.39. The predicted molar refractivity (Wildman–Crippen MR) is 115 cm³/mol. The SMILES string of the molecule is Cc1ccc(S(=O)(=O)Nc2cccc(C(=O)N3c4ccccc4CC3C)c2)cc1. The van der Waals surface area contributed by atoms with Crippen LogP contribution in [0.2, 0.25) is 0 Å². The van der Waals surface area contributed by atoms with Gasteiger partial charge in [0.25, 0.3) is 15.9 Å². The molecule has 0 saturated carbocycles. The zero-order valence-corrected chi connectivity index (χ0v) is 17.1. The van der Waals surface area contributed by atoms with Crippen molar-refractivity contribution < 1.29 is 13.2 Å². The van der Waals surface area contributed by atoms with Gasteiger partial charge in [-0.2, -0.15) is 0 Å². The molecule has 0 fully saturated rings. The van der Waals surface area contributed by atoms with Crippen LogP contribution in [0.15, 0.2) is 77.7 Å². The van der Waals surface area contributed by atoms with Gasteiger partial charge in [-0.3, -0.25) is 9.52 Å². The molecular weight excluding hydrogens is 384 g/mol. The first-order valence-electron chi connectivity index (χ1n) is 9.46. The number of anilines is 2. The monoisotopic (exact) mass is 406 g/mol. The summed E-state index contributed by atoms with van der Waals surface area (Å²) in [7, 11) is -3.73. The number of carbonyl (C=O) groups is 1. The van der Waals surface area contributed by atoms with Gasteiger partial charge in [0, 0.05) is 23.0 Å². The van der Waals surface area contributed by atoms with Gasteiger partial charge in [0.2, 0.25) is 0 Å². The molecular formula is C23H22N2O3S. The molecule has 1 aliphatic heterocycles. The highest BCUT2D eigenvalue weighted by atomic mass is 32.2. The lowest BCUT2D eigenvalue weighted by molar-refractivity contribution is 0.0981. The van der Waals surface area contributed by atoms with E-state index in [1.165, 1.54) is 0 Å². The number of sulfonamides is 1. The minimum absolute atomic E-state index is 0.0489. The molecule has 1 heterocycles. The van der Waals surface area contributed by atoms with Crippen molar-refractivity contribution in [3.8, 4) is 0 Å². The van der Waals surface area contributed by atoms with E-state index in [1.807, 2.05) is 38.1 Å². The van der Waals surface area contributed by atoms with Crippen LogP contribution in [-0.4, -0.2) is 20.4 Å². The third-order valence-corrected chi connectivity index (χ3v) is 6.52. The second-order valence-electron chi connectivity index (χ2n) is 7.36. The van der Waals surface area contributed by atoms with Crippen LogP contribution in [0.4, 0.5) is 11.4 Å². The van der Waals surface area contributed by atoms with Crippen LogP contribution in [0.5, 0.6) is 0 Å². The van der Waals surface area contributed by atoms with Gasteiger partial charge in [-0.25, -0.2) is 8.42 Å². The summed E-state index contributed by atoms with van der Waals surface area (Å²) in [6.07, 6.45) is 0.807. The third-order valence-electron chi connectivity index (χ3n) is 5.12. The molecule has 0 aliphatic carbocycles. The zero-order valence-electron chi connectivity index (χ0n) is 16.3. The molecule has 0 saturated heterocycles. The molecule has 0 spiro atoms. The van der Waals surface area contributed by atoms with Crippen LogP contribution in [0, 0.1) is 6.92 Å². The summed E-state index contributed by atoms with van der Waals surface area (Å²) in [4.78, 5) is 15.2. The summed E-state index contributed by atoms with van der Waals surface area (Å²) >= 11 is 0. The van der Waals surface area contributed by atoms with E-state index in [0.717, 1.165) is 23.2 Å². The van der Waals surface area contributed by atoms with Crippen molar-refractivity contribution >= 4 is 27.3 Å². The van der Waals surface area contributed by atoms with Crippen molar-refractivity contribution in [2.24, 2.45) is 0 Å². The van der Waals surface area contributed by atoms with Crippen molar-refractivity contribution in [3.05, 3.63) is 89.5 Å². The Morgan fingerprint density at radius 1 is 1.00 bits per heavy atom. The fraction of sp³-hybridized carbons (Fsp3) is 0.174. The number of hydrogen-bond donors (Lipinski definition) is 1. The van der Waals surface area contributed by atoms with Crippen LogP contribution in [0.3, 0.4) is 0 Å². The number of fused-ring (bicyclic) bond motifs is 1. The molecule has 1 aliphatic rings. The van der Waals surface area contributed by atoms with E-state index in [1.54, 1.807) is 53.4 Å². The largest absolute Gasteiger partial charge is 0.305 e. The highest BCUT2D eigenvalue weighted by Crippen LogP contribution is 2.33. The second kappa shape index (κ2) is 7.37. The molecule has 3 aromatic carbocycles. The molecule has 0 bridgehead atoms. The van der Waals surface area contributed by atoms with Crippen LogP contribution in [-0.2, 0) is 16.4 Å². The van der Waals surface area contributed by atoms with Gasteiger partial charge >= 0.3 is 0 Å². The number of nitrogens with zero attached hydrogens (tertiary/aromatic N) is 1. The summed E-state index contributed by atoms with van der Waals surface area (Å²) in [5.74, 6) is -0.140. The Kier molecular flexibility index (Phi) is 4.88. The topological polar surface area (TPSA) is 66.5 Å². The van der Waals surface area contributed by atoms with Crippen LogP contribution < -0.4 is 9.62 Å². The average Bonchev–Trinajstić information content (AvgIpc) is 3.03. The maximum atomic E-state index is 13.2. The summed E-state index contributed by atoms with van der Waals surface area (Å²) < 4.78 is 27.9. The summed E-state index contributed by atoms with van der Waals surface area (Å²) in [6, 6.07) is 21.2. The highest BCUT2D eigenvalue weighted by Gasteiger charge is 2.31. The molecule has 29 heavy (non-hydrogen) atoms. The smallest absolute Gasteiger partial charge is 0.261 e. The summed E-state index contributed by atoms with van der Waals surface area (Å²) in [5.41, 5.74) is 3.84. The fourth-order valence-corrected chi connectivity index (χ4v) is 4.71. The van der Waals surface area contributed by atoms with Crippen molar-refractivity contribution in [3.63, 3.8) is 0 Å². The summed E-state index contributed by atoms with van der Waals surface area (Å²) in [6.45, 7) is 3.91. The van der Waals surface area contributed by atoms with Crippen LogP contribution in [0.25, 0.3) is 0 Å². The normalized spacial score (nSPS) is 15.8. The molecule has 1 unspecified atom stereocenters. The lowest BCUT2D eigenvalue weighted by atomic mass is 10.1. The number of aryl methyl sites for hydroxylation is 1. The number of para-hydroxylation sites is 1. The first-order valence-corrected chi connectivity index (χ1v) is 10.9. The Morgan fingerprint density at radius 3 is 2.48 bits per heavy atom. The van der Waals surface area contributed by atoms with Crippen LogP contribution in [0.1, 0.15) is 28.4 Å². The van der Waals surface area contributed by atoms with E-state index in [9.17, 15) is 13.2 Å². The standard InChI is InChI=1S/C23H22N2O3S/c1-16-10-12-21(13-11-16)29(27,28)24-20-8-5-7-19(15-20)23(26)25-17(2)14-18-6-3-4-9-22(18)25/h3-13,15,17,24H,14H2,1-2H3. The van der Waals surface area contributed by atoms with Crippen molar-refractivity contribution in [2.45, 2.75) is 31.2 Å². The molecule has 5 nitrogen and oxygen atoms in total. The molecule has 148 valence electrons. The molecule has 0 aromatic heterocycles. The molecule has 1 amide bonds. The molecule has 0 radical (unpaired) electrons. The quantitative estimate of drug-likeness (QED) is 0.699. The van der Waals surface area contributed by atoms with Gasteiger partial charge in [0.15, 0.2) is 0 Å². The molecule has 4 rings (SSSR count). The van der Waals surface area contributed by atoms with E-state index in [-0.39, 0.29) is 16.8 Å². The first-order chi connectivity index (χ1) is 13.8. The number of benzene rings is 3. The van der Waals surface area contributed by atoms with Gasteiger partial charge in [-0.05, 0) is 62.2 Å². The molecule has 6 heteroatoms. The van der Waals surface area contributed by atoms with E-state index >= 15 is 0 Å². The number of amides is 1. The zero-order chi connectivity index (χ0) is 20.6. The van der Waals surface area contributed by atoms with Gasteiger partial charge < -0.3 is 4.90 Å². The molecule has 3 aromatic rings. The van der Waals surface area contributed by atoms with Gasteiger partial charge in [0.05, 0.1) is 4.90 Å². The minimum Gasteiger partial charge on any atom is -0.305 e. The Hall–Kier alpha value is -3.12. The third kappa shape index (κ3) is 3.76. The number of carbonyl (C=O) groups excluding carboxylic acids is 1.